The molecule has 0 radical (unpaired) electrons. The zero-order chi connectivity index (χ0) is 13.0. The summed E-state index contributed by atoms with van der Waals surface area (Å²) in [6, 6.07) is 9.04. The minimum Gasteiger partial charge on any atom is -0.392 e. The highest BCUT2D eigenvalue weighted by Crippen LogP contribution is 2.15. The Hall–Kier alpha value is -1.23. The lowest BCUT2D eigenvalue weighted by Crippen LogP contribution is -2.12. The van der Waals surface area contributed by atoms with Gasteiger partial charge in [0.05, 0.1) is 6.61 Å². The van der Waals surface area contributed by atoms with Crippen LogP contribution >= 0.6 is 11.3 Å². The number of rotatable bonds is 5. The van der Waals surface area contributed by atoms with E-state index in [9.17, 15) is 4.39 Å². The van der Waals surface area contributed by atoms with E-state index in [0.717, 1.165) is 12.1 Å². The maximum Gasteiger partial charge on any atom is 0.128 e. The van der Waals surface area contributed by atoms with Crippen molar-refractivity contribution in [3.05, 3.63) is 57.0 Å². The molecule has 0 spiro atoms. The van der Waals surface area contributed by atoms with E-state index < -0.39 is 0 Å². The summed E-state index contributed by atoms with van der Waals surface area (Å²) in [6.45, 7) is 3.31. The van der Waals surface area contributed by atoms with Gasteiger partial charge in [0.1, 0.15) is 5.82 Å². The Bertz CT molecular complexity index is 524. The second-order valence-electron chi connectivity index (χ2n) is 4.20. The highest BCUT2D eigenvalue weighted by atomic mass is 32.1. The molecule has 2 aromatic rings. The summed E-state index contributed by atoms with van der Waals surface area (Å²) in [5, 5.41) is 12.3. The Balaban J connectivity index is 1.90. The lowest BCUT2D eigenvalue weighted by Gasteiger charge is -2.06. The molecule has 2 nitrogen and oxygen atoms in total. The summed E-state index contributed by atoms with van der Waals surface area (Å²) in [5.41, 5.74) is 1.33. The van der Waals surface area contributed by atoms with Crippen LogP contribution in [0.5, 0.6) is 0 Å². The molecule has 1 aromatic carbocycles. The van der Waals surface area contributed by atoms with Crippen LogP contribution in [0.2, 0.25) is 0 Å². The number of benzene rings is 1. The molecule has 0 fully saturated rings. The second kappa shape index (κ2) is 6.09. The lowest BCUT2D eigenvalue weighted by atomic mass is 10.1. The largest absolute Gasteiger partial charge is 0.392 e. The topological polar surface area (TPSA) is 32.3 Å². The van der Waals surface area contributed by atoms with Crippen molar-refractivity contribution >= 4 is 11.3 Å². The zero-order valence-corrected chi connectivity index (χ0v) is 11.1. The maximum absolute atomic E-state index is 13.2. The number of aliphatic hydroxyl groups is 1. The third-order valence-electron chi connectivity index (χ3n) is 2.70. The van der Waals surface area contributed by atoms with Gasteiger partial charge in [-0.2, -0.15) is 0 Å². The summed E-state index contributed by atoms with van der Waals surface area (Å²) >= 11 is 1.77. The fourth-order valence-electron chi connectivity index (χ4n) is 1.77. The molecule has 18 heavy (non-hydrogen) atoms. The third kappa shape index (κ3) is 3.38. The van der Waals surface area contributed by atoms with E-state index in [1.807, 2.05) is 0 Å². The van der Waals surface area contributed by atoms with Crippen LogP contribution in [0.3, 0.4) is 0 Å². The molecule has 0 atom stereocenters. The Morgan fingerprint density at radius 3 is 2.72 bits per heavy atom. The minimum atomic E-state index is -0.352. The van der Waals surface area contributed by atoms with Crippen LogP contribution in [0.15, 0.2) is 30.3 Å². The highest BCUT2D eigenvalue weighted by Gasteiger charge is 2.02. The predicted octanol–water partition coefficient (Wildman–Crippen LogP) is 2.98. The fourth-order valence-corrected chi connectivity index (χ4v) is 2.63. The van der Waals surface area contributed by atoms with Gasteiger partial charge < -0.3 is 10.4 Å². The summed E-state index contributed by atoms with van der Waals surface area (Å²) in [4.78, 5) is 2.59. The Labute approximate surface area is 110 Å². The smallest absolute Gasteiger partial charge is 0.128 e. The first kappa shape index (κ1) is 13.2. The number of hydrogen-bond donors (Lipinski definition) is 2. The van der Waals surface area contributed by atoms with Crippen LogP contribution in [0, 0.1) is 12.7 Å². The number of halogens is 1. The van der Waals surface area contributed by atoms with Crippen molar-refractivity contribution in [2.45, 2.75) is 26.6 Å². The zero-order valence-electron chi connectivity index (χ0n) is 10.2. The minimum absolute atomic E-state index is 0.260. The summed E-state index contributed by atoms with van der Waals surface area (Å²) in [7, 11) is 0. The standard InChI is InChI=1S/C14H16FNOS/c1-10-2-4-13(18-10)8-16-7-11-3-5-14(15)12(6-11)9-17/h2-6,16-17H,7-9H2,1H3. The molecule has 0 unspecified atom stereocenters. The SMILES string of the molecule is Cc1ccc(CNCc2ccc(F)c(CO)c2)s1. The molecule has 0 bridgehead atoms. The monoisotopic (exact) mass is 265 g/mol. The first-order chi connectivity index (χ1) is 8.69. The van der Waals surface area contributed by atoms with Crippen molar-refractivity contribution < 1.29 is 9.50 Å². The molecule has 0 aliphatic heterocycles. The van der Waals surface area contributed by atoms with Gasteiger partial charge in [-0.3, -0.25) is 0 Å². The average Bonchev–Trinajstić information content (AvgIpc) is 2.77. The number of aliphatic hydroxyl groups excluding tert-OH is 1. The average molecular weight is 265 g/mol. The van der Waals surface area contributed by atoms with Crippen molar-refractivity contribution in [2.24, 2.45) is 0 Å². The Morgan fingerprint density at radius 2 is 2.06 bits per heavy atom. The van der Waals surface area contributed by atoms with Crippen LogP contribution in [-0.4, -0.2) is 5.11 Å². The van der Waals surface area contributed by atoms with Gasteiger partial charge in [0.15, 0.2) is 0 Å². The van der Waals surface area contributed by atoms with Crippen molar-refractivity contribution in [1.82, 2.24) is 5.32 Å². The van der Waals surface area contributed by atoms with Crippen molar-refractivity contribution in [1.29, 1.82) is 0 Å². The van der Waals surface area contributed by atoms with Gasteiger partial charge in [0.25, 0.3) is 0 Å². The Morgan fingerprint density at radius 1 is 1.22 bits per heavy atom. The van der Waals surface area contributed by atoms with Crippen LogP contribution in [0.1, 0.15) is 20.9 Å². The van der Waals surface area contributed by atoms with E-state index in [2.05, 4.69) is 24.4 Å². The van der Waals surface area contributed by atoms with Gasteiger partial charge in [-0.05, 0) is 36.8 Å². The van der Waals surface area contributed by atoms with Crippen LogP contribution in [0.25, 0.3) is 0 Å². The van der Waals surface area contributed by atoms with E-state index in [0.29, 0.717) is 12.1 Å². The first-order valence-electron chi connectivity index (χ1n) is 5.83. The number of hydrogen-bond acceptors (Lipinski definition) is 3. The molecule has 1 aromatic heterocycles. The highest BCUT2D eigenvalue weighted by molar-refractivity contribution is 7.11. The fraction of sp³-hybridized carbons (Fsp3) is 0.286. The quantitative estimate of drug-likeness (QED) is 0.871. The van der Waals surface area contributed by atoms with Gasteiger partial charge in [0, 0.05) is 28.4 Å². The summed E-state index contributed by atoms with van der Waals surface area (Å²) < 4.78 is 13.2. The molecular formula is C14H16FNOS. The van der Waals surface area contributed by atoms with E-state index >= 15 is 0 Å². The van der Waals surface area contributed by atoms with E-state index in [1.54, 1.807) is 23.5 Å². The predicted molar refractivity (Wildman–Crippen MR) is 71.9 cm³/mol. The van der Waals surface area contributed by atoms with Crippen LogP contribution in [0.4, 0.5) is 4.39 Å². The summed E-state index contributed by atoms with van der Waals surface area (Å²) in [5.74, 6) is -0.352. The second-order valence-corrected chi connectivity index (χ2v) is 5.57. The Kier molecular flexibility index (Phi) is 4.47. The molecule has 1 heterocycles. The van der Waals surface area contributed by atoms with Crippen molar-refractivity contribution in [3.63, 3.8) is 0 Å². The van der Waals surface area contributed by atoms with Gasteiger partial charge in [0.2, 0.25) is 0 Å². The number of nitrogens with one attached hydrogen (secondary N) is 1. The lowest BCUT2D eigenvalue weighted by molar-refractivity contribution is 0.275. The van der Waals surface area contributed by atoms with Crippen LogP contribution < -0.4 is 5.32 Å². The van der Waals surface area contributed by atoms with Crippen LogP contribution in [-0.2, 0) is 19.7 Å². The first-order valence-corrected chi connectivity index (χ1v) is 6.65. The van der Waals surface area contributed by atoms with Crippen molar-refractivity contribution in [3.8, 4) is 0 Å². The van der Waals surface area contributed by atoms with Gasteiger partial charge in [-0.15, -0.1) is 11.3 Å². The third-order valence-corrected chi connectivity index (χ3v) is 3.71. The summed E-state index contributed by atoms with van der Waals surface area (Å²) in [6.07, 6.45) is 0. The maximum atomic E-state index is 13.2. The molecule has 2 rings (SSSR count). The molecule has 0 saturated heterocycles. The molecule has 0 saturated carbocycles. The van der Waals surface area contributed by atoms with Gasteiger partial charge in [-0.1, -0.05) is 6.07 Å². The molecule has 0 amide bonds. The molecule has 2 N–H and O–H groups in total. The van der Waals surface area contributed by atoms with Crippen molar-refractivity contribution in [2.75, 3.05) is 0 Å². The van der Waals surface area contributed by atoms with E-state index in [4.69, 9.17) is 5.11 Å². The van der Waals surface area contributed by atoms with Gasteiger partial charge in [-0.25, -0.2) is 4.39 Å². The number of thiophene rings is 1. The van der Waals surface area contributed by atoms with Gasteiger partial charge >= 0.3 is 0 Å². The normalized spacial score (nSPS) is 10.8. The van der Waals surface area contributed by atoms with E-state index in [-0.39, 0.29) is 12.4 Å². The molecule has 0 aliphatic rings. The molecule has 4 heteroatoms. The molecule has 96 valence electrons. The molecule has 0 aliphatic carbocycles. The number of aryl methyl sites for hydroxylation is 1. The molecular weight excluding hydrogens is 249 g/mol. The van der Waals surface area contributed by atoms with E-state index in [1.165, 1.54) is 15.8 Å².